The third-order valence-electron chi connectivity index (χ3n) is 3.19. The zero-order chi connectivity index (χ0) is 16.1. The number of nitrogens with one attached hydrogen (secondary N) is 1. The van der Waals surface area contributed by atoms with Crippen LogP contribution in [0.4, 0.5) is 5.69 Å². The van der Waals surface area contributed by atoms with Crippen molar-refractivity contribution in [2.75, 3.05) is 11.9 Å². The molecule has 0 aromatic heterocycles. The Kier molecular flexibility index (Phi) is 7.81. The summed E-state index contributed by atoms with van der Waals surface area (Å²) in [6, 6.07) is 13.2. The Morgan fingerprint density at radius 2 is 1.83 bits per heavy atom. The first-order valence-electron chi connectivity index (χ1n) is 7.03. The largest absolute Gasteiger partial charge is 0.386 e. The third kappa shape index (κ3) is 6.01. The summed E-state index contributed by atoms with van der Waals surface area (Å²) in [5.41, 5.74) is 9.68. The van der Waals surface area contributed by atoms with Crippen LogP contribution in [0.3, 0.4) is 0 Å². The molecule has 0 saturated carbocycles. The minimum absolute atomic E-state index is 0. The SMILES string of the molecule is Cc1cc(C)cc(NC(N)=NCC(O)c2ccccc2Cl)c1.I. The van der Waals surface area contributed by atoms with Crippen molar-refractivity contribution in [3.05, 3.63) is 64.2 Å². The second kappa shape index (κ2) is 9.10. The normalized spacial score (nSPS) is 12.4. The van der Waals surface area contributed by atoms with Crippen LogP contribution in [0.25, 0.3) is 0 Å². The number of nitrogens with two attached hydrogens (primary N) is 1. The molecule has 2 rings (SSSR count). The van der Waals surface area contributed by atoms with Crippen LogP contribution in [0, 0.1) is 13.8 Å². The highest BCUT2D eigenvalue weighted by atomic mass is 127. The highest BCUT2D eigenvalue weighted by molar-refractivity contribution is 14.0. The highest BCUT2D eigenvalue weighted by Gasteiger charge is 2.10. The predicted molar refractivity (Wildman–Crippen MR) is 108 cm³/mol. The first-order valence-corrected chi connectivity index (χ1v) is 7.41. The van der Waals surface area contributed by atoms with Gasteiger partial charge in [-0.25, -0.2) is 0 Å². The van der Waals surface area contributed by atoms with Crippen LogP contribution in [0.1, 0.15) is 22.8 Å². The Morgan fingerprint density at radius 1 is 1.22 bits per heavy atom. The van der Waals surface area contributed by atoms with Gasteiger partial charge < -0.3 is 16.2 Å². The number of halogens is 2. The van der Waals surface area contributed by atoms with Gasteiger partial charge in [0, 0.05) is 16.3 Å². The molecule has 0 aliphatic carbocycles. The summed E-state index contributed by atoms with van der Waals surface area (Å²) in [6.45, 7) is 4.19. The Balaban J connectivity index is 0.00000264. The number of benzene rings is 2. The minimum Gasteiger partial charge on any atom is -0.386 e. The maximum atomic E-state index is 10.1. The second-order valence-corrected chi connectivity index (χ2v) is 5.67. The predicted octanol–water partition coefficient (Wildman–Crippen LogP) is 4.04. The highest BCUT2D eigenvalue weighted by Crippen LogP contribution is 2.22. The Morgan fingerprint density at radius 3 is 2.43 bits per heavy atom. The number of rotatable bonds is 4. The molecule has 2 aromatic carbocycles. The molecule has 1 unspecified atom stereocenters. The van der Waals surface area contributed by atoms with Crippen LogP contribution < -0.4 is 11.1 Å². The van der Waals surface area contributed by atoms with E-state index in [2.05, 4.69) is 16.4 Å². The van der Waals surface area contributed by atoms with Crippen molar-refractivity contribution in [1.29, 1.82) is 0 Å². The van der Waals surface area contributed by atoms with Crippen LogP contribution in [0.15, 0.2) is 47.5 Å². The number of aliphatic imine (C=N–C) groups is 1. The number of aryl methyl sites for hydroxylation is 2. The van der Waals surface area contributed by atoms with E-state index in [0.29, 0.717) is 10.6 Å². The molecule has 23 heavy (non-hydrogen) atoms. The van der Waals surface area contributed by atoms with E-state index in [1.165, 1.54) is 0 Å². The quantitative estimate of drug-likeness (QED) is 0.378. The van der Waals surface area contributed by atoms with Gasteiger partial charge in [-0.3, -0.25) is 4.99 Å². The summed E-state index contributed by atoms with van der Waals surface area (Å²) in [5, 5.41) is 13.7. The Bertz CT molecular complexity index is 671. The van der Waals surface area contributed by atoms with Crippen molar-refractivity contribution in [3.63, 3.8) is 0 Å². The first kappa shape index (κ1) is 19.7. The molecule has 1 atom stereocenters. The average Bonchev–Trinajstić information content (AvgIpc) is 2.44. The van der Waals surface area contributed by atoms with E-state index in [1.54, 1.807) is 12.1 Å². The topological polar surface area (TPSA) is 70.6 Å². The van der Waals surface area contributed by atoms with Crippen molar-refractivity contribution in [1.82, 2.24) is 0 Å². The van der Waals surface area contributed by atoms with Crippen molar-refractivity contribution in [2.24, 2.45) is 10.7 Å². The monoisotopic (exact) mass is 445 g/mol. The molecule has 0 saturated heterocycles. The number of anilines is 1. The van der Waals surface area contributed by atoms with Gasteiger partial charge in [0.25, 0.3) is 0 Å². The smallest absolute Gasteiger partial charge is 0.193 e. The number of hydrogen-bond acceptors (Lipinski definition) is 2. The lowest BCUT2D eigenvalue weighted by Gasteiger charge is -2.12. The number of nitrogens with zero attached hydrogens (tertiary/aromatic N) is 1. The van der Waals surface area contributed by atoms with Crippen LogP contribution in [0.2, 0.25) is 5.02 Å². The van der Waals surface area contributed by atoms with Crippen LogP contribution in [-0.2, 0) is 0 Å². The average molecular weight is 446 g/mol. The number of guanidine groups is 1. The van der Waals surface area contributed by atoms with E-state index in [1.807, 2.05) is 38.1 Å². The molecule has 0 amide bonds. The summed E-state index contributed by atoms with van der Waals surface area (Å²) in [5.74, 6) is 0.260. The lowest BCUT2D eigenvalue weighted by Crippen LogP contribution is -2.23. The number of hydrogen-bond donors (Lipinski definition) is 3. The molecule has 0 bridgehead atoms. The Labute approximate surface area is 158 Å². The van der Waals surface area contributed by atoms with Gasteiger partial charge in [-0.05, 0) is 43.2 Å². The molecule has 124 valence electrons. The summed E-state index contributed by atoms with van der Waals surface area (Å²) >= 11 is 6.04. The molecular formula is C17H21ClIN3O. The molecule has 4 N–H and O–H groups in total. The van der Waals surface area contributed by atoms with E-state index in [0.717, 1.165) is 16.8 Å². The molecule has 4 nitrogen and oxygen atoms in total. The van der Waals surface area contributed by atoms with Crippen LogP contribution >= 0.6 is 35.6 Å². The first-order chi connectivity index (χ1) is 10.5. The summed E-state index contributed by atoms with van der Waals surface area (Å²) in [6.07, 6.45) is -0.784. The van der Waals surface area contributed by atoms with E-state index in [-0.39, 0.29) is 36.5 Å². The second-order valence-electron chi connectivity index (χ2n) is 5.26. The molecular weight excluding hydrogens is 425 g/mol. The minimum atomic E-state index is -0.784. The maximum absolute atomic E-state index is 10.1. The lowest BCUT2D eigenvalue weighted by molar-refractivity contribution is 0.187. The fourth-order valence-corrected chi connectivity index (χ4v) is 2.52. The van der Waals surface area contributed by atoms with Crippen molar-refractivity contribution in [2.45, 2.75) is 20.0 Å². The molecule has 0 radical (unpaired) electrons. The van der Waals surface area contributed by atoms with Crippen molar-refractivity contribution >= 4 is 47.2 Å². The summed E-state index contributed by atoms with van der Waals surface area (Å²) < 4.78 is 0. The molecule has 2 aromatic rings. The Hall–Kier alpha value is -1.31. The third-order valence-corrected chi connectivity index (χ3v) is 3.54. The molecule has 0 fully saturated rings. The van der Waals surface area contributed by atoms with E-state index < -0.39 is 6.10 Å². The molecule has 0 aliphatic rings. The van der Waals surface area contributed by atoms with Gasteiger partial charge in [0.05, 0.1) is 6.54 Å². The number of aliphatic hydroxyl groups excluding tert-OH is 1. The van der Waals surface area contributed by atoms with E-state index in [9.17, 15) is 5.11 Å². The van der Waals surface area contributed by atoms with E-state index >= 15 is 0 Å². The fraction of sp³-hybridized carbons (Fsp3) is 0.235. The van der Waals surface area contributed by atoms with Crippen LogP contribution in [0.5, 0.6) is 0 Å². The lowest BCUT2D eigenvalue weighted by atomic mass is 10.1. The van der Waals surface area contributed by atoms with Gasteiger partial charge in [0.1, 0.15) is 6.10 Å². The van der Waals surface area contributed by atoms with Crippen LogP contribution in [-0.4, -0.2) is 17.6 Å². The van der Waals surface area contributed by atoms with Gasteiger partial charge >= 0.3 is 0 Å². The zero-order valence-electron chi connectivity index (χ0n) is 13.1. The van der Waals surface area contributed by atoms with Gasteiger partial charge in [0.15, 0.2) is 5.96 Å². The van der Waals surface area contributed by atoms with Gasteiger partial charge in [-0.15, -0.1) is 24.0 Å². The molecule has 0 aliphatic heterocycles. The van der Waals surface area contributed by atoms with Gasteiger partial charge in [-0.2, -0.15) is 0 Å². The van der Waals surface area contributed by atoms with Crippen molar-refractivity contribution < 1.29 is 5.11 Å². The molecule has 0 spiro atoms. The standard InChI is InChI=1S/C17H20ClN3O.HI/c1-11-7-12(2)9-13(8-11)21-17(19)20-10-16(22)14-5-3-4-6-15(14)18;/h3-9,16,22H,10H2,1-2H3,(H3,19,20,21);1H. The maximum Gasteiger partial charge on any atom is 0.193 e. The zero-order valence-corrected chi connectivity index (χ0v) is 16.2. The number of aliphatic hydroxyl groups is 1. The van der Waals surface area contributed by atoms with Gasteiger partial charge in [0.2, 0.25) is 0 Å². The molecule has 0 heterocycles. The summed E-state index contributed by atoms with van der Waals surface area (Å²) in [7, 11) is 0. The fourth-order valence-electron chi connectivity index (χ4n) is 2.26. The summed E-state index contributed by atoms with van der Waals surface area (Å²) in [4.78, 5) is 4.17. The van der Waals surface area contributed by atoms with Gasteiger partial charge in [-0.1, -0.05) is 35.9 Å². The van der Waals surface area contributed by atoms with Crippen molar-refractivity contribution in [3.8, 4) is 0 Å². The van der Waals surface area contributed by atoms with E-state index in [4.69, 9.17) is 17.3 Å². The molecule has 6 heteroatoms.